The van der Waals surface area contributed by atoms with Gasteiger partial charge in [0.1, 0.15) is 5.41 Å². The van der Waals surface area contributed by atoms with Crippen molar-refractivity contribution in [2.45, 2.75) is 12.8 Å². The summed E-state index contributed by atoms with van der Waals surface area (Å²) in [6, 6.07) is 9.51. The van der Waals surface area contributed by atoms with Crippen molar-refractivity contribution in [2.75, 3.05) is 20.1 Å². The van der Waals surface area contributed by atoms with Crippen molar-refractivity contribution in [3.05, 3.63) is 35.9 Å². The number of carbonyl (C=O) groups excluding carboxylic acids is 1. The van der Waals surface area contributed by atoms with Gasteiger partial charge in [-0.3, -0.25) is 4.79 Å². The van der Waals surface area contributed by atoms with Crippen LogP contribution in [-0.4, -0.2) is 52.9 Å². The van der Waals surface area contributed by atoms with Crippen LogP contribution in [0.1, 0.15) is 18.4 Å². The first kappa shape index (κ1) is 13.6. The molecule has 2 amide bonds. The fourth-order valence-electron chi connectivity index (χ4n) is 3.22. The minimum absolute atomic E-state index is 0.118. The molecule has 2 aliphatic heterocycles. The van der Waals surface area contributed by atoms with Crippen molar-refractivity contribution in [1.29, 1.82) is 0 Å². The highest BCUT2D eigenvalue weighted by molar-refractivity contribution is 6.20. The maximum Gasteiger partial charge on any atom is 0.407 e. The van der Waals surface area contributed by atoms with Crippen molar-refractivity contribution in [1.82, 2.24) is 9.91 Å². The van der Waals surface area contributed by atoms with Gasteiger partial charge in [-0.1, -0.05) is 30.3 Å². The molecule has 1 saturated heterocycles. The van der Waals surface area contributed by atoms with Crippen LogP contribution < -0.4 is 0 Å². The molecule has 6 nitrogen and oxygen atoms in total. The number of benzene rings is 1. The van der Waals surface area contributed by atoms with Crippen LogP contribution in [-0.2, 0) is 4.79 Å². The van der Waals surface area contributed by atoms with Gasteiger partial charge in [-0.05, 0) is 18.4 Å². The lowest BCUT2D eigenvalue weighted by Gasteiger charge is -2.38. The average Bonchev–Trinajstić information content (AvgIpc) is 2.73. The molecule has 1 unspecified atom stereocenters. The number of hydrazone groups is 1. The van der Waals surface area contributed by atoms with E-state index in [4.69, 9.17) is 0 Å². The molecule has 1 aromatic carbocycles. The monoisotopic (exact) mass is 287 g/mol. The fraction of sp³-hybridized carbons (Fsp3) is 0.400. The molecular formula is C15H17N3O3. The molecule has 0 aliphatic carbocycles. The Morgan fingerprint density at radius 1 is 1.33 bits per heavy atom. The number of hydrogen-bond acceptors (Lipinski definition) is 3. The molecule has 0 bridgehead atoms. The van der Waals surface area contributed by atoms with E-state index < -0.39 is 11.5 Å². The van der Waals surface area contributed by atoms with E-state index in [1.54, 1.807) is 7.05 Å². The molecule has 1 spiro atoms. The molecule has 3 rings (SSSR count). The first-order valence-electron chi connectivity index (χ1n) is 6.95. The van der Waals surface area contributed by atoms with Crippen LogP contribution in [0.3, 0.4) is 0 Å². The summed E-state index contributed by atoms with van der Waals surface area (Å²) in [5.41, 5.74) is 0.719. The highest BCUT2D eigenvalue weighted by Gasteiger charge is 2.53. The van der Waals surface area contributed by atoms with Gasteiger partial charge in [-0.15, -0.1) is 0 Å². The predicted molar refractivity (Wildman–Crippen MR) is 77.0 cm³/mol. The number of carboxylic acid groups (broad SMARTS) is 1. The van der Waals surface area contributed by atoms with Gasteiger partial charge in [0.25, 0.3) is 5.91 Å². The summed E-state index contributed by atoms with van der Waals surface area (Å²) in [6.07, 6.45) is 0.314. The van der Waals surface area contributed by atoms with Crippen LogP contribution in [0, 0.1) is 5.41 Å². The molecular weight excluding hydrogens is 270 g/mol. The van der Waals surface area contributed by atoms with Crippen LogP contribution in [0.15, 0.2) is 35.4 Å². The molecule has 1 aromatic rings. The normalized spacial score (nSPS) is 25.4. The zero-order valence-electron chi connectivity index (χ0n) is 11.8. The Hall–Kier alpha value is -2.37. The number of piperidine rings is 1. The van der Waals surface area contributed by atoms with Gasteiger partial charge in [0, 0.05) is 20.1 Å². The summed E-state index contributed by atoms with van der Waals surface area (Å²) in [5.74, 6) is -0.118. The average molecular weight is 287 g/mol. The van der Waals surface area contributed by atoms with E-state index in [2.05, 4.69) is 5.10 Å². The third-order valence-electron chi connectivity index (χ3n) is 4.22. The summed E-state index contributed by atoms with van der Waals surface area (Å²) in [4.78, 5) is 25.2. The SMILES string of the molecule is CN1N=C(c2ccccc2)C2(CCCN(C(=O)O)C2)C1=O. The zero-order chi connectivity index (χ0) is 15.0. The van der Waals surface area contributed by atoms with Crippen molar-refractivity contribution >= 4 is 17.7 Å². The number of likely N-dealkylation sites (tertiary alicyclic amines) is 1. The number of rotatable bonds is 1. The van der Waals surface area contributed by atoms with Crippen LogP contribution in [0.4, 0.5) is 4.79 Å². The first-order chi connectivity index (χ1) is 10.0. The predicted octanol–water partition coefficient (Wildman–Crippen LogP) is 1.62. The van der Waals surface area contributed by atoms with E-state index in [1.165, 1.54) is 9.91 Å². The van der Waals surface area contributed by atoms with Crippen molar-refractivity contribution < 1.29 is 14.7 Å². The van der Waals surface area contributed by atoms with E-state index in [0.717, 1.165) is 5.56 Å². The molecule has 1 N–H and O–H groups in total. The third kappa shape index (κ3) is 2.07. The van der Waals surface area contributed by atoms with Crippen molar-refractivity contribution in [3.63, 3.8) is 0 Å². The van der Waals surface area contributed by atoms with Gasteiger partial charge in [0.2, 0.25) is 0 Å². The molecule has 6 heteroatoms. The Morgan fingerprint density at radius 2 is 2.05 bits per heavy atom. The number of nitrogens with zero attached hydrogens (tertiary/aromatic N) is 3. The maximum atomic E-state index is 12.6. The lowest BCUT2D eigenvalue weighted by molar-refractivity contribution is -0.136. The quantitative estimate of drug-likeness (QED) is 0.853. The van der Waals surface area contributed by atoms with E-state index in [-0.39, 0.29) is 12.5 Å². The van der Waals surface area contributed by atoms with Crippen LogP contribution in [0.5, 0.6) is 0 Å². The standard InChI is InChI=1S/C15H17N3O3/c1-17-13(19)15(8-5-9-18(10-15)14(20)21)12(16-17)11-6-3-2-4-7-11/h2-4,6-7H,5,8-10H2,1H3,(H,20,21). The summed E-state index contributed by atoms with van der Waals surface area (Å²) in [7, 11) is 1.62. The Balaban J connectivity index is 2.04. The summed E-state index contributed by atoms with van der Waals surface area (Å²) >= 11 is 0. The second kappa shape index (κ2) is 4.87. The lowest BCUT2D eigenvalue weighted by atomic mass is 9.73. The molecule has 0 saturated carbocycles. The maximum absolute atomic E-state index is 12.6. The minimum Gasteiger partial charge on any atom is -0.465 e. The van der Waals surface area contributed by atoms with E-state index in [9.17, 15) is 14.7 Å². The van der Waals surface area contributed by atoms with E-state index >= 15 is 0 Å². The molecule has 2 aliphatic rings. The Morgan fingerprint density at radius 3 is 2.71 bits per heavy atom. The van der Waals surface area contributed by atoms with Gasteiger partial charge < -0.3 is 10.0 Å². The van der Waals surface area contributed by atoms with Crippen molar-refractivity contribution in [2.24, 2.45) is 10.5 Å². The van der Waals surface area contributed by atoms with E-state index in [0.29, 0.717) is 25.1 Å². The molecule has 21 heavy (non-hydrogen) atoms. The summed E-state index contributed by atoms with van der Waals surface area (Å²) < 4.78 is 0. The van der Waals surface area contributed by atoms with Crippen LogP contribution >= 0.6 is 0 Å². The fourth-order valence-corrected chi connectivity index (χ4v) is 3.22. The summed E-state index contributed by atoms with van der Waals surface area (Å²) in [6.45, 7) is 0.648. The highest BCUT2D eigenvalue weighted by atomic mass is 16.4. The summed E-state index contributed by atoms with van der Waals surface area (Å²) in [5, 5.41) is 15.0. The van der Waals surface area contributed by atoms with Crippen LogP contribution in [0.2, 0.25) is 0 Å². The largest absolute Gasteiger partial charge is 0.465 e. The molecule has 1 atom stereocenters. The Labute approximate surface area is 122 Å². The zero-order valence-corrected chi connectivity index (χ0v) is 11.8. The van der Waals surface area contributed by atoms with Crippen LogP contribution in [0.25, 0.3) is 0 Å². The number of amides is 2. The Bertz CT molecular complexity index is 614. The van der Waals surface area contributed by atoms with E-state index in [1.807, 2.05) is 30.3 Å². The number of carbonyl (C=O) groups is 2. The van der Waals surface area contributed by atoms with Gasteiger partial charge in [0.15, 0.2) is 0 Å². The smallest absolute Gasteiger partial charge is 0.407 e. The number of hydrogen-bond donors (Lipinski definition) is 1. The minimum atomic E-state index is -0.983. The molecule has 0 aromatic heterocycles. The highest BCUT2D eigenvalue weighted by Crippen LogP contribution is 2.39. The van der Waals surface area contributed by atoms with Gasteiger partial charge in [0.05, 0.1) is 5.71 Å². The molecule has 2 heterocycles. The van der Waals surface area contributed by atoms with Gasteiger partial charge in [-0.25, -0.2) is 9.80 Å². The van der Waals surface area contributed by atoms with Gasteiger partial charge >= 0.3 is 6.09 Å². The second-order valence-corrected chi connectivity index (χ2v) is 5.53. The van der Waals surface area contributed by atoms with Crippen molar-refractivity contribution in [3.8, 4) is 0 Å². The second-order valence-electron chi connectivity index (χ2n) is 5.53. The topological polar surface area (TPSA) is 73.2 Å². The first-order valence-corrected chi connectivity index (χ1v) is 6.95. The molecule has 110 valence electrons. The van der Waals surface area contributed by atoms with Gasteiger partial charge in [-0.2, -0.15) is 5.10 Å². The Kier molecular flexibility index (Phi) is 3.16. The molecule has 0 radical (unpaired) electrons. The third-order valence-corrected chi connectivity index (χ3v) is 4.22. The molecule has 1 fully saturated rings. The lowest BCUT2D eigenvalue weighted by Crippen LogP contribution is -2.53.